The highest BCUT2D eigenvalue weighted by Gasteiger charge is 2.35. The van der Waals surface area contributed by atoms with Crippen molar-refractivity contribution in [2.45, 2.75) is 19.8 Å². The van der Waals surface area contributed by atoms with Crippen molar-refractivity contribution in [2.75, 3.05) is 62.8 Å². The third-order valence-corrected chi connectivity index (χ3v) is 7.40. The van der Waals surface area contributed by atoms with Crippen molar-refractivity contribution in [1.82, 2.24) is 10.2 Å². The molecule has 9 nitrogen and oxygen atoms in total. The van der Waals surface area contributed by atoms with Crippen LogP contribution < -0.4 is 20.3 Å². The Bertz CT molecular complexity index is 1100. The fourth-order valence-corrected chi connectivity index (χ4v) is 4.65. The second kappa shape index (κ2) is 13.0. The lowest BCUT2D eigenvalue weighted by atomic mass is 10.1. The lowest BCUT2D eigenvalue weighted by Gasteiger charge is -2.26. The minimum Gasteiger partial charge on any atom is -0.484 e. The molecule has 0 aromatic heterocycles. The SMILES string of the molecule is Cc1cc(NC(=O)COc2ccc(N3C[C@@H](C(=O)NCCCN4CCOCC4)CC3=O)cc2)ccc1Br. The lowest BCUT2D eigenvalue weighted by molar-refractivity contribution is -0.126. The van der Waals surface area contributed by atoms with E-state index in [0.717, 1.165) is 49.3 Å². The number of amides is 3. The summed E-state index contributed by atoms with van der Waals surface area (Å²) in [4.78, 5) is 41.4. The van der Waals surface area contributed by atoms with Crippen molar-refractivity contribution in [2.24, 2.45) is 5.92 Å². The highest BCUT2D eigenvalue weighted by atomic mass is 79.9. The molecule has 0 spiro atoms. The summed E-state index contributed by atoms with van der Waals surface area (Å²) in [6.07, 6.45) is 1.07. The standard InChI is InChI=1S/C27H33BrN4O5/c1-19-15-21(3-8-24(19)28)30-25(33)18-37-23-6-4-22(5-7-23)32-17-20(16-26(32)34)27(35)29-9-2-10-31-11-13-36-14-12-31/h3-8,15,20H,2,9-14,16-18H2,1H3,(H,29,35)(H,30,33)/t20-/m0/s1. The van der Waals surface area contributed by atoms with Gasteiger partial charge in [-0.1, -0.05) is 15.9 Å². The van der Waals surface area contributed by atoms with Crippen LogP contribution in [0.25, 0.3) is 0 Å². The molecule has 10 heteroatoms. The number of halogens is 1. The van der Waals surface area contributed by atoms with Crippen molar-refractivity contribution >= 4 is 45.0 Å². The zero-order valence-corrected chi connectivity index (χ0v) is 22.6. The molecule has 0 radical (unpaired) electrons. The van der Waals surface area contributed by atoms with E-state index in [4.69, 9.17) is 9.47 Å². The number of nitrogens with zero attached hydrogens (tertiary/aromatic N) is 2. The molecule has 2 aromatic carbocycles. The summed E-state index contributed by atoms with van der Waals surface area (Å²) in [5.41, 5.74) is 2.43. The van der Waals surface area contributed by atoms with Crippen LogP contribution in [-0.4, -0.2) is 75.2 Å². The molecule has 2 fully saturated rings. The fourth-order valence-electron chi connectivity index (χ4n) is 4.41. The van der Waals surface area contributed by atoms with Gasteiger partial charge in [-0.15, -0.1) is 0 Å². The monoisotopic (exact) mass is 572 g/mol. The van der Waals surface area contributed by atoms with Gasteiger partial charge in [-0.2, -0.15) is 0 Å². The van der Waals surface area contributed by atoms with Gasteiger partial charge in [0, 0.05) is 48.4 Å². The Morgan fingerprint density at radius 2 is 1.89 bits per heavy atom. The normalized spacial score (nSPS) is 18.1. The first-order valence-corrected chi connectivity index (χ1v) is 13.4. The zero-order valence-electron chi connectivity index (χ0n) is 21.0. The molecular weight excluding hydrogens is 540 g/mol. The first-order valence-electron chi connectivity index (χ1n) is 12.6. The molecular formula is C27H33BrN4O5. The molecule has 2 N–H and O–H groups in total. The Morgan fingerprint density at radius 3 is 2.62 bits per heavy atom. The molecule has 2 aliphatic heterocycles. The van der Waals surface area contributed by atoms with E-state index in [1.54, 1.807) is 29.2 Å². The van der Waals surface area contributed by atoms with Crippen molar-refractivity contribution < 1.29 is 23.9 Å². The third kappa shape index (κ3) is 7.77. The first-order chi connectivity index (χ1) is 17.9. The van der Waals surface area contributed by atoms with Gasteiger partial charge in [0.05, 0.1) is 19.1 Å². The molecule has 0 saturated carbocycles. The fraction of sp³-hybridized carbons (Fsp3) is 0.444. The second-order valence-electron chi connectivity index (χ2n) is 9.30. The number of morpholine rings is 1. The lowest BCUT2D eigenvalue weighted by Crippen LogP contribution is -2.39. The predicted molar refractivity (Wildman–Crippen MR) is 145 cm³/mol. The number of benzene rings is 2. The van der Waals surface area contributed by atoms with E-state index >= 15 is 0 Å². The highest BCUT2D eigenvalue weighted by molar-refractivity contribution is 9.10. The van der Waals surface area contributed by atoms with Crippen LogP contribution >= 0.6 is 15.9 Å². The first kappa shape index (κ1) is 27.1. The molecule has 198 valence electrons. The number of carbonyl (C=O) groups excluding carboxylic acids is 3. The Labute approximate surface area is 225 Å². The van der Waals surface area contributed by atoms with Crippen LogP contribution in [0, 0.1) is 12.8 Å². The van der Waals surface area contributed by atoms with Crippen molar-refractivity contribution in [3.8, 4) is 5.75 Å². The van der Waals surface area contributed by atoms with Crippen LogP contribution in [0.5, 0.6) is 5.75 Å². The minimum absolute atomic E-state index is 0.0775. The molecule has 2 saturated heterocycles. The van der Waals surface area contributed by atoms with Gasteiger partial charge in [0.25, 0.3) is 5.91 Å². The molecule has 4 rings (SSSR count). The van der Waals surface area contributed by atoms with Gasteiger partial charge in [-0.05, 0) is 67.9 Å². The average Bonchev–Trinajstić information content (AvgIpc) is 3.30. The molecule has 2 aromatic rings. The van der Waals surface area contributed by atoms with Crippen LogP contribution in [0.1, 0.15) is 18.4 Å². The second-order valence-corrected chi connectivity index (χ2v) is 10.2. The molecule has 37 heavy (non-hydrogen) atoms. The Morgan fingerprint density at radius 1 is 1.14 bits per heavy atom. The maximum atomic E-state index is 12.6. The summed E-state index contributed by atoms with van der Waals surface area (Å²) in [7, 11) is 0. The number of hydrogen-bond acceptors (Lipinski definition) is 6. The van der Waals surface area contributed by atoms with E-state index in [1.807, 2.05) is 25.1 Å². The molecule has 0 aliphatic carbocycles. The summed E-state index contributed by atoms with van der Waals surface area (Å²) in [5.74, 6) is -0.264. The van der Waals surface area contributed by atoms with Gasteiger partial charge >= 0.3 is 0 Å². The van der Waals surface area contributed by atoms with Gasteiger partial charge in [0.1, 0.15) is 5.75 Å². The van der Waals surface area contributed by atoms with Crippen molar-refractivity contribution in [3.63, 3.8) is 0 Å². The number of nitrogens with one attached hydrogen (secondary N) is 2. The van der Waals surface area contributed by atoms with Gasteiger partial charge in [0.2, 0.25) is 11.8 Å². The van der Waals surface area contributed by atoms with Crippen LogP contribution in [-0.2, 0) is 19.1 Å². The van der Waals surface area contributed by atoms with Crippen LogP contribution in [0.15, 0.2) is 46.9 Å². The summed E-state index contributed by atoms with van der Waals surface area (Å²) >= 11 is 3.44. The third-order valence-electron chi connectivity index (χ3n) is 6.51. The molecule has 0 bridgehead atoms. The number of ether oxygens (including phenoxy) is 2. The van der Waals surface area contributed by atoms with Crippen molar-refractivity contribution in [1.29, 1.82) is 0 Å². The number of anilines is 2. The summed E-state index contributed by atoms with van der Waals surface area (Å²) in [6.45, 7) is 7.09. The van der Waals surface area contributed by atoms with E-state index in [9.17, 15) is 14.4 Å². The van der Waals surface area contributed by atoms with Gasteiger partial charge in [0.15, 0.2) is 6.61 Å². The smallest absolute Gasteiger partial charge is 0.262 e. The Balaban J connectivity index is 1.19. The minimum atomic E-state index is -0.363. The topological polar surface area (TPSA) is 100 Å². The molecule has 2 aliphatic rings. The maximum absolute atomic E-state index is 12.6. The maximum Gasteiger partial charge on any atom is 0.262 e. The number of carbonyl (C=O) groups is 3. The average molecular weight is 573 g/mol. The van der Waals surface area contributed by atoms with Gasteiger partial charge < -0.3 is 25.0 Å². The van der Waals surface area contributed by atoms with Crippen LogP contribution in [0.2, 0.25) is 0 Å². The summed E-state index contributed by atoms with van der Waals surface area (Å²) in [6, 6.07) is 12.6. The molecule has 1 atom stereocenters. The van der Waals surface area contributed by atoms with Crippen LogP contribution in [0.4, 0.5) is 11.4 Å². The Hall–Kier alpha value is -2.95. The molecule has 3 amide bonds. The van der Waals surface area contributed by atoms with E-state index in [0.29, 0.717) is 30.2 Å². The Kier molecular flexibility index (Phi) is 9.54. The van der Waals surface area contributed by atoms with E-state index in [-0.39, 0.29) is 36.7 Å². The van der Waals surface area contributed by atoms with E-state index in [2.05, 4.69) is 31.5 Å². The quantitative estimate of drug-likeness (QED) is 0.424. The predicted octanol–water partition coefficient (Wildman–Crippen LogP) is 2.97. The van der Waals surface area contributed by atoms with Crippen LogP contribution in [0.3, 0.4) is 0 Å². The van der Waals surface area contributed by atoms with E-state index in [1.165, 1.54) is 0 Å². The largest absolute Gasteiger partial charge is 0.484 e. The molecule has 0 unspecified atom stereocenters. The van der Waals surface area contributed by atoms with Gasteiger partial charge in [-0.3, -0.25) is 19.3 Å². The zero-order chi connectivity index (χ0) is 26.2. The van der Waals surface area contributed by atoms with Gasteiger partial charge in [-0.25, -0.2) is 0 Å². The number of aryl methyl sites for hydroxylation is 1. The summed E-state index contributed by atoms with van der Waals surface area (Å²) < 4.78 is 11.9. The number of hydrogen-bond donors (Lipinski definition) is 2. The van der Waals surface area contributed by atoms with E-state index < -0.39 is 0 Å². The summed E-state index contributed by atoms with van der Waals surface area (Å²) in [5, 5.41) is 5.79. The highest BCUT2D eigenvalue weighted by Crippen LogP contribution is 2.27. The number of rotatable bonds is 10. The van der Waals surface area contributed by atoms with Crippen molar-refractivity contribution in [3.05, 3.63) is 52.5 Å². The molecule has 2 heterocycles.